The molecule has 0 spiro atoms. The summed E-state index contributed by atoms with van der Waals surface area (Å²) in [7, 11) is 0. The van der Waals surface area contributed by atoms with Crippen LogP contribution in [0.4, 0.5) is 5.69 Å². The number of guanidine groups is 1. The Balaban J connectivity index is 1.63. The third-order valence-corrected chi connectivity index (χ3v) is 5.02. The number of para-hydroxylation sites is 1. The monoisotopic (exact) mass is 421 g/mol. The number of benzene rings is 2. The summed E-state index contributed by atoms with van der Waals surface area (Å²) in [5.74, 6) is 0.699. The minimum absolute atomic E-state index is 0.0170. The fraction of sp³-hybridized carbons (Fsp3) is 0.375. The molecular formula is C24H31N5O2. The summed E-state index contributed by atoms with van der Waals surface area (Å²) in [4.78, 5) is 31.1. The van der Waals surface area contributed by atoms with Gasteiger partial charge in [0.15, 0.2) is 5.96 Å². The van der Waals surface area contributed by atoms with Crippen molar-refractivity contribution in [2.24, 2.45) is 4.99 Å². The van der Waals surface area contributed by atoms with Crippen LogP contribution in [0.3, 0.4) is 0 Å². The zero-order chi connectivity index (χ0) is 22.1. The molecule has 3 N–H and O–H groups in total. The minimum Gasteiger partial charge on any atom is -0.357 e. The Morgan fingerprint density at radius 3 is 2.65 bits per heavy atom. The number of hydrogen-bond donors (Lipinski definition) is 3. The van der Waals surface area contributed by atoms with Crippen molar-refractivity contribution in [3.8, 4) is 0 Å². The highest BCUT2D eigenvalue weighted by Crippen LogP contribution is 2.21. The molecule has 7 heteroatoms. The van der Waals surface area contributed by atoms with Gasteiger partial charge < -0.3 is 20.9 Å². The van der Waals surface area contributed by atoms with Crippen molar-refractivity contribution >= 4 is 23.5 Å². The Morgan fingerprint density at radius 2 is 1.90 bits per heavy atom. The SMILES string of the molecule is CCCNC(=O)c1cccc(CN=C(NCC)NC2CC(=O)N(c3ccccc3)C2)c1. The number of nitrogens with one attached hydrogen (secondary N) is 3. The van der Waals surface area contributed by atoms with Crippen molar-refractivity contribution in [1.82, 2.24) is 16.0 Å². The van der Waals surface area contributed by atoms with E-state index in [9.17, 15) is 9.59 Å². The Bertz CT molecular complexity index is 913. The Labute approximate surface area is 183 Å². The molecule has 3 rings (SSSR count). The first-order valence-electron chi connectivity index (χ1n) is 10.9. The number of amides is 2. The maximum Gasteiger partial charge on any atom is 0.251 e. The predicted octanol–water partition coefficient (Wildman–Crippen LogP) is 2.69. The van der Waals surface area contributed by atoms with Gasteiger partial charge in [-0.15, -0.1) is 0 Å². The van der Waals surface area contributed by atoms with Crippen LogP contribution in [0, 0.1) is 0 Å². The second kappa shape index (κ2) is 11.2. The van der Waals surface area contributed by atoms with Gasteiger partial charge in [0.2, 0.25) is 5.91 Å². The van der Waals surface area contributed by atoms with Gasteiger partial charge in [0.1, 0.15) is 0 Å². The van der Waals surface area contributed by atoms with E-state index < -0.39 is 0 Å². The number of rotatable bonds is 8. The van der Waals surface area contributed by atoms with Crippen LogP contribution in [-0.4, -0.2) is 43.5 Å². The Hall–Kier alpha value is -3.35. The largest absolute Gasteiger partial charge is 0.357 e. The van der Waals surface area contributed by atoms with Gasteiger partial charge in [-0.05, 0) is 43.2 Å². The Kier molecular flexibility index (Phi) is 8.04. The summed E-state index contributed by atoms with van der Waals surface area (Å²) in [6.07, 6.45) is 1.32. The molecule has 164 valence electrons. The van der Waals surface area contributed by atoms with Crippen molar-refractivity contribution < 1.29 is 9.59 Å². The van der Waals surface area contributed by atoms with Gasteiger partial charge in [-0.25, -0.2) is 4.99 Å². The van der Waals surface area contributed by atoms with Gasteiger partial charge in [-0.2, -0.15) is 0 Å². The highest BCUT2D eigenvalue weighted by molar-refractivity contribution is 5.97. The van der Waals surface area contributed by atoms with Gasteiger partial charge in [0, 0.05) is 37.3 Å². The molecule has 1 atom stereocenters. The molecule has 1 aliphatic rings. The second-order valence-electron chi connectivity index (χ2n) is 7.54. The Morgan fingerprint density at radius 1 is 1.10 bits per heavy atom. The first-order valence-corrected chi connectivity index (χ1v) is 10.9. The molecule has 1 fully saturated rings. The number of carbonyl (C=O) groups is 2. The summed E-state index contributed by atoms with van der Waals surface area (Å²) in [6, 6.07) is 17.2. The van der Waals surface area contributed by atoms with Crippen molar-refractivity contribution in [2.45, 2.75) is 39.3 Å². The number of carbonyl (C=O) groups excluding carboxylic acids is 2. The molecular weight excluding hydrogens is 390 g/mol. The lowest BCUT2D eigenvalue weighted by Crippen LogP contribution is -2.44. The van der Waals surface area contributed by atoms with Crippen molar-refractivity contribution in [2.75, 3.05) is 24.5 Å². The van der Waals surface area contributed by atoms with E-state index in [-0.39, 0.29) is 17.9 Å². The average molecular weight is 422 g/mol. The normalized spacial score (nSPS) is 16.3. The molecule has 31 heavy (non-hydrogen) atoms. The molecule has 2 aromatic rings. The van der Waals surface area contributed by atoms with Crippen molar-refractivity contribution in [3.63, 3.8) is 0 Å². The van der Waals surface area contributed by atoms with Gasteiger partial charge in [0.05, 0.1) is 12.6 Å². The quantitative estimate of drug-likeness (QED) is 0.452. The zero-order valence-corrected chi connectivity index (χ0v) is 18.2. The third kappa shape index (κ3) is 6.31. The standard InChI is InChI=1S/C24H31N5O2/c1-3-13-26-23(31)19-10-8-9-18(14-19)16-27-24(25-4-2)28-20-15-22(30)29(17-20)21-11-6-5-7-12-21/h5-12,14,20H,3-4,13,15-17H2,1-2H3,(H,26,31)(H2,25,27,28). The van der Waals surface area contributed by atoms with E-state index in [0.29, 0.717) is 44.1 Å². The maximum atomic E-state index is 12.5. The average Bonchev–Trinajstić information content (AvgIpc) is 3.16. The smallest absolute Gasteiger partial charge is 0.251 e. The second-order valence-corrected chi connectivity index (χ2v) is 7.54. The first-order chi connectivity index (χ1) is 15.1. The van der Waals surface area contributed by atoms with Crippen molar-refractivity contribution in [3.05, 3.63) is 65.7 Å². The summed E-state index contributed by atoms with van der Waals surface area (Å²) >= 11 is 0. The van der Waals surface area contributed by atoms with Crippen LogP contribution in [0.15, 0.2) is 59.6 Å². The lowest BCUT2D eigenvalue weighted by molar-refractivity contribution is -0.117. The number of anilines is 1. The molecule has 0 bridgehead atoms. The number of hydrogen-bond acceptors (Lipinski definition) is 3. The first kappa shape index (κ1) is 22.3. The molecule has 0 aliphatic carbocycles. The van der Waals surface area contributed by atoms with E-state index in [4.69, 9.17) is 0 Å². The fourth-order valence-electron chi connectivity index (χ4n) is 3.50. The van der Waals surface area contributed by atoms with Crippen LogP contribution in [0.5, 0.6) is 0 Å². The van der Waals surface area contributed by atoms with Crippen LogP contribution < -0.4 is 20.9 Å². The van der Waals surface area contributed by atoms with Gasteiger partial charge in [-0.3, -0.25) is 9.59 Å². The summed E-state index contributed by atoms with van der Waals surface area (Å²) in [5, 5.41) is 9.52. The van der Waals surface area contributed by atoms with E-state index in [2.05, 4.69) is 20.9 Å². The maximum absolute atomic E-state index is 12.5. The fourth-order valence-corrected chi connectivity index (χ4v) is 3.50. The molecule has 7 nitrogen and oxygen atoms in total. The molecule has 2 aromatic carbocycles. The molecule has 0 saturated carbocycles. The molecule has 2 amide bonds. The predicted molar refractivity (Wildman–Crippen MR) is 124 cm³/mol. The molecule has 1 aliphatic heterocycles. The molecule has 1 saturated heterocycles. The van der Waals surface area contributed by atoms with E-state index in [1.54, 1.807) is 4.90 Å². The number of aliphatic imine (C=N–C) groups is 1. The van der Waals surface area contributed by atoms with Crippen LogP contribution in [0.25, 0.3) is 0 Å². The number of nitrogens with zero attached hydrogens (tertiary/aromatic N) is 2. The van der Waals surface area contributed by atoms with Gasteiger partial charge in [-0.1, -0.05) is 37.3 Å². The molecule has 0 radical (unpaired) electrons. The summed E-state index contributed by atoms with van der Waals surface area (Å²) in [6.45, 7) is 6.45. The van der Waals surface area contributed by atoms with E-state index in [1.807, 2.05) is 68.4 Å². The highest BCUT2D eigenvalue weighted by atomic mass is 16.2. The van der Waals surface area contributed by atoms with Crippen LogP contribution >= 0.6 is 0 Å². The van der Waals surface area contributed by atoms with E-state index in [0.717, 1.165) is 17.7 Å². The molecule has 0 aromatic heterocycles. The van der Waals surface area contributed by atoms with Crippen molar-refractivity contribution in [1.29, 1.82) is 0 Å². The minimum atomic E-state index is -0.0665. The lowest BCUT2D eigenvalue weighted by Gasteiger charge is -2.19. The van der Waals surface area contributed by atoms with Crippen LogP contribution in [-0.2, 0) is 11.3 Å². The van der Waals surface area contributed by atoms with E-state index in [1.165, 1.54) is 0 Å². The summed E-state index contributed by atoms with van der Waals surface area (Å²) in [5.41, 5.74) is 2.51. The van der Waals surface area contributed by atoms with Gasteiger partial charge >= 0.3 is 0 Å². The van der Waals surface area contributed by atoms with Gasteiger partial charge in [0.25, 0.3) is 5.91 Å². The topological polar surface area (TPSA) is 85.8 Å². The van der Waals surface area contributed by atoms with Crippen LogP contribution in [0.2, 0.25) is 0 Å². The zero-order valence-electron chi connectivity index (χ0n) is 18.2. The molecule has 1 unspecified atom stereocenters. The lowest BCUT2D eigenvalue weighted by atomic mass is 10.1. The third-order valence-electron chi connectivity index (χ3n) is 5.02. The summed E-state index contributed by atoms with van der Waals surface area (Å²) < 4.78 is 0. The molecule has 1 heterocycles. The van der Waals surface area contributed by atoms with Crippen LogP contribution in [0.1, 0.15) is 42.6 Å². The van der Waals surface area contributed by atoms with E-state index >= 15 is 0 Å². The highest BCUT2D eigenvalue weighted by Gasteiger charge is 2.31.